The van der Waals surface area contributed by atoms with Crippen molar-refractivity contribution in [2.24, 2.45) is 4.99 Å². The lowest BCUT2D eigenvalue weighted by atomic mass is 9.83. The average molecular weight is 481 g/mol. The van der Waals surface area contributed by atoms with Crippen molar-refractivity contribution in [2.45, 2.75) is 25.8 Å². The second-order valence-corrected chi connectivity index (χ2v) is 9.72. The van der Waals surface area contributed by atoms with Crippen LogP contribution in [0.1, 0.15) is 41.6 Å². The molecule has 0 fully saturated rings. The van der Waals surface area contributed by atoms with Crippen LogP contribution in [0.5, 0.6) is 11.5 Å². The smallest absolute Gasteiger partial charge is 0.271 e. The van der Waals surface area contributed by atoms with Crippen LogP contribution < -0.4 is 19.6 Å². The molecule has 174 valence electrons. The van der Waals surface area contributed by atoms with E-state index in [4.69, 9.17) is 9.73 Å². The van der Waals surface area contributed by atoms with Gasteiger partial charge in [-0.25, -0.2) is 4.99 Å². The number of phenolic OH excluding ortho intramolecular Hbond substituents is 1. The Hall–Kier alpha value is -3.90. The number of thiazole rings is 1. The van der Waals surface area contributed by atoms with Gasteiger partial charge in [0.05, 0.1) is 22.9 Å². The van der Waals surface area contributed by atoms with E-state index in [2.05, 4.69) is 30.3 Å². The number of nitrogens with zero attached hydrogens (tertiary/aromatic N) is 2. The Kier molecular flexibility index (Phi) is 5.38. The van der Waals surface area contributed by atoms with Crippen molar-refractivity contribution in [2.75, 3.05) is 6.61 Å². The van der Waals surface area contributed by atoms with Gasteiger partial charge in [-0.15, -0.1) is 0 Å². The van der Waals surface area contributed by atoms with E-state index >= 15 is 0 Å². The van der Waals surface area contributed by atoms with Gasteiger partial charge in [0.15, 0.2) is 4.80 Å². The average Bonchev–Trinajstić information content (AvgIpc) is 3.18. The third kappa shape index (κ3) is 3.80. The number of aryl methyl sites for hydroxylation is 1. The first kappa shape index (κ1) is 21.6. The molecule has 1 unspecified atom stereocenters. The Morgan fingerprint density at radius 2 is 1.91 bits per heavy atom. The lowest BCUT2D eigenvalue weighted by Crippen LogP contribution is -2.38. The molecular weight excluding hydrogens is 456 g/mol. The van der Waals surface area contributed by atoms with Crippen LogP contribution in [0.25, 0.3) is 11.8 Å². The highest BCUT2D eigenvalue weighted by atomic mass is 32.1. The zero-order chi connectivity index (χ0) is 23.9. The van der Waals surface area contributed by atoms with Gasteiger partial charge in [0.1, 0.15) is 11.5 Å². The SMILES string of the molecule is CCOc1ccc(C2C3=C(N=c4s/c(=C\c5cccc(O)c5)c(=O)n42)c2ccccc2CC3)cc1. The van der Waals surface area contributed by atoms with Crippen LogP contribution in [0.4, 0.5) is 0 Å². The standard InChI is InChI=1S/C29H24N2O3S/c1-2-34-22-13-10-20(11-14-22)27-24-15-12-19-7-3-4-9-23(19)26(24)30-29-31(27)28(33)25(35-29)17-18-6-5-8-21(32)16-18/h3-11,13-14,16-17,27,32H,2,12,15H2,1H3/b25-17-. The van der Waals surface area contributed by atoms with E-state index < -0.39 is 0 Å². The van der Waals surface area contributed by atoms with Gasteiger partial charge in [-0.05, 0) is 72.4 Å². The number of aromatic hydroxyl groups is 1. The maximum atomic E-state index is 13.7. The van der Waals surface area contributed by atoms with Crippen LogP contribution in [0, 0.1) is 0 Å². The van der Waals surface area contributed by atoms with Gasteiger partial charge >= 0.3 is 0 Å². The van der Waals surface area contributed by atoms with Gasteiger partial charge in [0.2, 0.25) is 0 Å². The summed E-state index contributed by atoms with van der Waals surface area (Å²) < 4.78 is 8.08. The number of hydrogen-bond acceptors (Lipinski definition) is 5. The Bertz CT molecular complexity index is 1640. The lowest BCUT2D eigenvalue weighted by Gasteiger charge is -2.30. The van der Waals surface area contributed by atoms with Crippen molar-refractivity contribution in [1.29, 1.82) is 0 Å². The Labute approximate surface area is 206 Å². The molecule has 0 saturated heterocycles. The molecule has 0 bridgehead atoms. The molecule has 0 amide bonds. The summed E-state index contributed by atoms with van der Waals surface area (Å²) in [6, 6.07) is 23.2. The van der Waals surface area contributed by atoms with E-state index in [0.29, 0.717) is 15.9 Å². The van der Waals surface area contributed by atoms with E-state index in [1.807, 2.05) is 41.8 Å². The van der Waals surface area contributed by atoms with Crippen molar-refractivity contribution in [1.82, 2.24) is 4.57 Å². The van der Waals surface area contributed by atoms with Gasteiger partial charge in [0, 0.05) is 5.56 Å². The van der Waals surface area contributed by atoms with Crippen LogP contribution in [-0.4, -0.2) is 16.3 Å². The fourth-order valence-electron chi connectivity index (χ4n) is 5.00. The summed E-state index contributed by atoms with van der Waals surface area (Å²) in [5.41, 5.74) is 6.35. The molecule has 0 saturated carbocycles. The molecule has 2 aliphatic rings. The Morgan fingerprint density at radius 1 is 1.09 bits per heavy atom. The fourth-order valence-corrected chi connectivity index (χ4v) is 6.00. The third-order valence-corrected chi connectivity index (χ3v) is 7.53. The normalized spacial score (nSPS) is 16.8. The summed E-state index contributed by atoms with van der Waals surface area (Å²) in [5, 5.41) is 9.87. The molecule has 6 heteroatoms. The molecule has 2 heterocycles. The van der Waals surface area contributed by atoms with Crippen molar-refractivity contribution < 1.29 is 9.84 Å². The molecule has 5 nitrogen and oxygen atoms in total. The van der Waals surface area contributed by atoms with Gasteiger partial charge in [0.25, 0.3) is 5.56 Å². The first-order valence-corrected chi connectivity index (χ1v) is 12.6. The molecule has 0 spiro atoms. The molecule has 0 radical (unpaired) electrons. The Morgan fingerprint density at radius 3 is 2.71 bits per heavy atom. The molecular formula is C29H24N2O3S. The maximum Gasteiger partial charge on any atom is 0.271 e. The Balaban J connectivity index is 1.59. The van der Waals surface area contributed by atoms with E-state index in [0.717, 1.165) is 41.0 Å². The van der Waals surface area contributed by atoms with E-state index in [1.54, 1.807) is 18.2 Å². The van der Waals surface area contributed by atoms with Gasteiger partial charge in [-0.2, -0.15) is 0 Å². The lowest BCUT2D eigenvalue weighted by molar-refractivity contribution is 0.340. The number of hydrogen-bond donors (Lipinski definition) is 1. The van der Waals surface area contributed by atoms with Crippen LogP contribution in [-0.2, 0) is 6.42 Å². The second-order valence-electron chi connectivity index (χ2n) is 8.71. The van der Waals surface area contributed by atoms with Crippen LogP contribution >= 0.6 is 11.3 Å². The zero-order valence-electron chi connectivity index (χ0n) is 19.3. The fraction of sp³-hybridized carbons (Fsp3) is 0.172. The summed E-state index contributed by atoms with van der Waals surface area (Å²) in [6.45, 7) is 2.57. The van der Waals surface area contributed by atoms with Crippen molar-refractivity contribution in [3.05, 3.63) is 120 Å². The highest BCUT2D eigenvalue weighted by molar-refractivity contribution is 7.07. The summed E-state index contributed by atoms with van der Waals surface area (Å²) in [4.78, 5) is 19.5. The molecule has 6 rings (SSSR count). The molecule has 1 aliphatic carbocycles. The quantitative estimate of drug-likeness (QED) is 0.470. The van der Waals surface area contributed by atoms with Gasteiger partial charge in [-0.1, -0.05) is 59.9 Å². The van der Waals surface area contributed by atoms with E-state index in [-0.39, 0.29) is 17.4 Å². The largest absolute Gasteiger partial charge is 0.508 e. The predicted octanol–water partition coefficient (Wildman–Crippen LogP) is 4.42. The number of allylic oxidation sites excluding steroid dienone is 1. The highest BCUT2D eigenvalue weighted by Gasteiger charge is 2.32. The molecule has 4 aromatic rings. The number of benzene rings is 3. The summed E-state index contributed by atoms with van der Waals surface area (Å²) in [5.74, 6) is 0.988. The molecule has 1 atom stereocenters. The van der Waals surface area contributed by atoms with Crippen molar-refractivity contribution in [3.63, 3.8) is 0 Å². The maximum absolute atomic E-state index is 13.7. The van der Waals surface area contributed by atoms with E-state index in [1.165, 1.54) is 22.5 Å². The molecule has 3 aromatic carbocycles. The van der Waals surface area contributed by atoms with Gasteiger partial charge in [-0.3, -0.25) is 9.36 Å². The van der Waals surface area contributed by atoms with E-state index in [9.17, 15) is 9.90 Å². The third-order valence-electron chi connectivity index (χ3n) is 6.55. The van der Waals surface area contributed by atoms with Crippen LogP contribution in [0.3, 0.4) is 0 Å². The van der Waals surface area contributed by atoms with Crippen molar-refractivity contribution in [3.8, 4) is 11.5 Å². The number of rotatable bonds is 4. The number of phenols is 1. The van der Waals surface area contributed by atoms with Gasteiger partial charge < -0.3 is 9.84 Å². The monoisotopic (exact) mass is 480 g/mol. The number of fused-ring (bicyclic) bond motifs is 3. The minimum absolute atomic E-state index is 0.0682. The van der Waals surface area contributed by atoms with Crippen LogP contribution in [0.15, 0.2) is 88.2 Å². The predicted molar refractivity (Wildman–Crippen MR) is 138 cm³/mol. The summed E-state index contributed by atoms with van der Waals surface area (Å²) >= 11 is 1.39. The van der Waals surface area contributed by atoms with Crippen LogP contribution in [0.2, 0.25) is 0 Å². The zero-order valence-corrected chi connectivity index (χ0v) is 20.1. The van der Waals surface area contributed by atoms with Crippen molar-refractivity contribution >= 4 is 23.1 Å². The molecule has 1 aliphatic heterocycles. The second kappa shape index (κ2) is 8.71. The summed E-state index contributed by atoms with van der Waals surface area (Å²) in [7, 11) is 0. The molecule has 35 heavy (non-hydrogen) atoms. The minimum atomic E-state index is -0.225. The first-order chi connectivity index (χ1) is 17.1. The number of aromatic nitrogens is 1. The summed E-state index contributed by atoms with van der Waals surface area (Å²) in [6.07, 6.45) is 3.60. The first-order valence-electron chi connectivity index (χ1n) is 11.8. The molecule has 1 N–H and O–H groups in total. The molecule has 1 aromatic heterocycles. The minimum Gasteiger partial charge on any atom is -0.508 e. The number of ether oxygens (including phenoxy) is 1. The topological polar surface area (TPSA) is 63.8 Å². The highest BCUT2D eigenvalue weighted by Crippen LogP contribution is 2.41.